The smallest absolute Gasteiger partial charge is 0.370 e. The quantitative estimate of drug-likeness (QED) is 0.410. The first-order valence-corrected chi connectivity index (χ1v) is 6.74. The predicted molar refractivity (Wildman–Crippen MR) is 77.1 cm³/mol. The van der Waals surface area contributed by atoms with Gasteiger partial charge < -0.3 is 16.4 Å². The Kier molecular flexibility index (Phi) is 6.77. The first kappa shape index (κ1) is 17.1. The molecule has 0 spiro atoms. The number of nitrogens with one attached hydrogen (secondary N) is 2. The highest BCUT2D eigenvalue weighted by atomic mass is 19.4. The largest absolute Gasteiger partial charge is 0.417 e. The van der Waals surface area contributed by atoms with E-state index in [1.807, 2.05) is 6.92 Å². The number of aromatic nitrogens is 1. The Morgan fingerprint density at radius 3 is 2.67 bits per heavy atom. The molecule has 8 heteroatoms. The lowest BCUT2D eigenvalue weighted by Gasteiger charge is -2.09. The van der Waals surface area contributed by atoms with Gasteiger partial charge in [-0.05, 0) is 25.0 Å². The first-order chi connectivity index (χ1) is 9.93. The van der Waals surface area contributed by atoms with Gasteiger partial charge in [-0.3, -0.25) is 4.99 Å². The molecule has 5 nitrogen and oxygen atoms in total. The van der Waals surface area contributed by atoms with E-state index in [0.29, 0.717) is 31.4 Å². The van der Waals surface area contributed by atoms with Crippen LogP contribution in [0.1, 0.15) is 25.3 Å². The molecular formula is C13H20F3N5. The van der Waals surface area contributed by atoms with Gasteiger partial charge in [-0.15, -0.1) is 0 Å². The molecule has 0 saturated heterocycles. The van der Waals surface area contributed by atoms with Gasteiger partial charge in [0.1, 0.15) is 5.82 Å². The van der Waals surface area contributed by atoms with E-state index >= 15 is 0 Å². The van der Waals surface area contributed by atoms with Crippen LogP contribution in [0, 0.1) is 0 Å². The Morgan fingerprint density at radius 2 is 2.10 bits per heavy atom. The predicted octanol–water partition coefficient (Wildman–Crippen LogP) is 2.22. The van der Waals surface area contributed by atoms with Crippen LogP contribution in [-0.2, 0) is 6.18 Å². The van der Waals surface area contributed by atoms with E-state index in [2.05, 4.69) is 20.6 Å². The number of rotatable bonds is 7. The van der Waals surface area contributed by atoms with Crippen molar-refractivity contribution in [3.8, 4) is 0 Å². The molecule has 4 N–H and O–H groups in total. The summed E-state index contributed by atoms with van der Waals surface area (Å²) in [6.45, 7) is 3.91. The van der Waals surface area contributed by atoms with Gasteiger partial charge in [-0.2, -0.15) is 13.2 Å². The maximum Gasteiger partial charge on any atom is 0.417 e. The number of hydrogen-bond donors (Lipinski definition) is 3. The zero-order valence-electron chi connectivity index (χ0n) is 11.9. The molecule has 0 aromatic carbocycles. The van der Waals surface area contributed by atoms with E-state index in [9.17, 15) is 13.2 Å². The second-order valence-electron chi connectivity index (χ2n) is 4.40. The van der Waals surface area contributed by atoms with Gasteiger partial charge in [0.2, 0.25) is 0 Å². The number of pyridine rings is 1. The number of guanidine groups is 1. The van der Waals surface area contributed by atoms with Crippen LogP contribution in [0.5, 0.6) is 0 Å². The van der Waals surface area contributed by atoms with Gasteiger partial charge in [-0.1, -0.05) is 6.92 Å². The molecule has 0 bridgehead atoms. The van der Waals surface area contributed by atoms with E-state index in [0.717, 1.165) is 25.1 Å². The molecule has 1 aromatic rings. The zero-order chi connectivity index (χ0) is 15.7. The van der Waals surface area contributed by atoms with Crippen LogP contribution in [0.3, 0.4) is 0 Å². The van der Waals surface area contributed by atoms with Crippen LogP contribution in [0.15, 0.2) is 23.3 Å². The van der Waals surface area contributed by atoms with E-state index in [1.165, 1.54) is 6.07 Å². The van der Waals surface area contributed by atoms with Crippen molar-refractivity contribution < 1.29 is 13.2 Å². The number of anilines is 1. The second-order valence-corrected chi connectivity index (χ2v) is 4.40. The van der Waals surface area contributed by atoms with Crippen LogP contribution in [0.4, 0.5) is 19.0 Å². The van der Waals surface area contributed by atoms with E-state index < -0.39 is 11.7 Å². The molecule has 0 aliphatic carbocycles. The first-order valence-electron chi connectivity index (χ1n) is 6.74. The summed E-state index contributed by atoms with van der Waals surface area (Å²) in [5.74, 6) is 0.820. The topological polar surface area (TPSA) is 75.3 Å². The van der Waals surface area contributed by atoms with Gasteiger partial charge in [0.05, 0.1) is 5.56 Å². The lowest BCUT2D eigenvalue weighted by Crippen LogP contribution is -2.33. The highest BCUT2D eigenvalue weighted by Crippen LogP contribution is 2.28. The van der Waals surface area contributed by atoms with Crippen molar-refractivity contribution in [3.63, 3.8) is 0 Å². The summed E-state index contributed by atoms with van der Waals surface area (Å²) in [6.07, 6.45) is -1.87. The van der Waals surface area contributed by atoms with Crippen molar-refractivity contribution in [1.82, 2.24) is 10.3 Å². The average Bonchev–Trinajstić information content (AvgIpc) is 2.44. The Bertz CT molecular complexity index is 442. The summed E-state index contributed by atoms with van der Waals surface area (Å²) < 4.78 is 37.0. The van der Waals surface area contributed by atoms with E-state index in [-0.39, 0.29) is 0 Å². The van der Waals surface area contributed by atoms with Gasteiger partial charge in [0.25, 0.3) is 0 Å². The fourth-order valence-corrected chi connectivity index (χ4v) is 1.48. The molecule has 1 rings (SSSR count). The zero-order valence-corrected chi connectivity index (χ0v) is 11.9. The highest BCUT2D eigenvalue weighted by molar-refractivity contribution is 5.77. The molecule has 1 heterocycles. The third-order valence-electron chi connectivity index (χ3n) is 2.56. The maximum absolute atomic E-state index is 12.3. The van der Waals surface area contributed by atoms with Gasteiger partial charge >= 0.3 is 6.18 Å². The number of halogens is 3. The van der Waals surface area contributed by atoms with Crippen molar-refractivity contribution in [2.45, 2.75) is 25.9 Å². The Balaban J connectivity index is 2.24. The van der Waals surface area contributed by atoms with Crippen LogP contribution in [0.2, 0.25) is 0 Å². The Morgan fingerprint density at radius 1 is 1.33 bits per heavy atom. The SMILES string of the molecule is CCCN=C(N)NCCCNc1ccc(C(F)(F)F)cn1. The fourth-order valence-electron chi connectivity index (χ4n) is 1.48. The molecule has 0 amide bonds. The maximum atomic E-state index is 12.3. The number of hydrogen-bond acceptors (Lipinski definition) is 3. The Labute approximate surface area is 121 Å². The summed E-state index contributed by atoms with van der Waals surface area (Å²) in [4.78, 5) is 7.79. The fraction of sp³-hybridized carbons (Fsp3) is 0.538. The van der Waals surface area contributed by atoms with Gasteiger partial charge in [0.15, 0.2) is 5.96 Å². The number of nitrogens with two attached hydrogens (primary N) is 1. The monoisotopic (exact) mass is 303 g/mol. The van der Waals surface area contributed by atoms with Crippen LogP contribution in [0.25, 0.3) is 0 Å². The molecule has 1 aromatic heterocycles. The molecule has 0 fully saturated rings. The summed E-state index contributed by atoms with van der Waals surface area (Å²) in [5, 5.41) is 5.89. The van der Waals surface area contributed by atoms with Crippen molar-refractivity contribution in [1.29, 1.82) is 0 Å². The third-order valence-corrected chi connectivity index (χ3v) is 2.56. The molecule has 118 valence electrons. The summed E-state index contributed by atoms with van der Waals surface area (Å²) >= 11 is 0. The van der Waals surface area contributed by atoms with Crippen molar-refractivity contribution >= 4 is 11.8 Å². The van der Waals surface area contributed by atoms with Gasteiger partial charge in [-0.25, -0.2) is 4.98 Å². The normalized spacial score (nSPS) is 12.3. The average molecular weight is 303 g/mol. The summed E-state index contributed by atoms with van der Waals surface area (Å²) in [6, 6.07) is 2.32. The summed E-state index contributed by atoms with van der Waals surface area (Å²) in [5.41, 5.74) is 4.86. The minimum atomic E-state index is -4.36. The second kappa shape index (κ2) is 8.33. The molecule has 0 radical (unpaired) electrons. The standard InChI is InChI=1S/C13H20F3N5/c1-2-6-19-12(17)20-8-3-7-18-11-5-4-10(9-21-11)13(14,15)16/h4-5,9H,2-3,6-8H2,1H3,(H,18,21)(H3,17,19,20). The molecular weight excluding hydrogens is 283 g/mol. The van der Waals surface area contributed by atoms with Crippen LogP contribution in [-0.4, -0.2) is 30.6 Å². The highest BCUT2D eigenvalue weighted by Gasteiger charge is 2.30. The lowest BCUT2D eigenvalue weighted by atomic mass is 10.3. The molecule has 0 aliphatic rings. The number of alkyl halides is 3. The van der Waals surface area contributed by atoms with E-state index in [1.54, 1.807) is 0 Å². The minimum absolute atomic E-state index is 0.407. The van der Waals surface area contributed by atoms with Crippen molar-refractivity contribution in [2.75, 3.05) is 25.0 Å². The van der Waals surface area contributed by atoms with Gasteiger partial charge in [0, 0.05) is 25.8 Å². The molecule has 0 aliphatic heterocycles. The van der Waals surface area contributed by atoms with Crippen LogP contribution < -0.4 is 16.4 Å². The minimum Gasteiger partial charge on any atom is -0.370 e. The molecule has 21 heavy (non-hydrogen) atoms. The van der Waals surface area contributed by atoms with Crippen LogP contribution >= 0.6 is 0 Å². The third kappa shape index (κ3) is 6.82. The molecule has 0 saturated carbocycles. The van der Waals surface area contributed by atoms with Crippen molar-refractivity contribution in [2.24, 2.45) is 10.7 Å². The molecule has 0 unspecified atom stereocenters. The number of nitrogens with zero attached hydrogens (tertiary/aromatic N) is 2. The van der Waals surface area contributed by atoms with E-state index in [4.69, 9.17) is 5.73 Å². The number of aliphatic imine (C=N–C) groups is 1. The summed E-state index contributed by atoms with van der Waals surface area (Å²) in [7, 11) is 0. The molecule has 0 atom stereocenters. The Hall–Kier alpha value is -1.99. The van der Waals surface area contributed by atoms with Crippen molar-refractivity contribution in [3.05, 3.63) is 23.9 Å². The lowest BCUT2D eigenvalue weighted by molar-refractivity contribution is -0.137.